The second-order valence-corrected chi connectivity index (χ2v) is 9.83. The van der Waals surface area contributed by atoms with E-state index in [-0.39, 0.29) is 22.6 Å². The predicted octanol–water partition coefficient (Wildman–Crippen LogP) is 1.24. The van der Waals surface area contributed by atoms with E-state index in [1.54, 1.807) is 0 Å². The smallest absolute Gasteiger partial charge is 0.228 e. The molecule has 2 atom stereocenters. The average molecular weight is 328 g/mol. The number of carbonyl (C=O) groups excluding carboxylic acids is 1. The number of amides is 1. The van der Waals surface area contributed by atoms with Gasteiger partial charge in [0.25, 0.3) is 0 Å². The molecule has 3 fully saturated rings. The molecule has 1 aliphatic heterocycles. The van der Waals surface area contributed by atoms with Gasteiger partial charge in [0, 0.05) is 18.8 Å². The molecule has 1 amide bonds. The number of fused-ring (bicyclic) bond motifs is 1. The summed E-state index contributed by atoms with van der Waals surface area (Å²) in [7, 11) is -2.94. The largest absolute Gasteiger partial charge is 0.353 e. The van der Waals surface area contributed by atoms with Crippen molar-refractivity contribution in [2.24, 2.45) is 11.3 Å². The lowest BCUT2D eigenvalue weighted by Crippen LogP contribution is -2.51. The van der Waals surface area contributed by atoms with Crippen LogP contribution in [0, 0.1) is 11.3 Å². The highest BCUT2D eigenvalue weighted by atomic mass is 32.2. The van der Waals surface area contributed by atoms with Gasteiger partial charge in [0.05, 0.1) is 10.7 Å². The highest BCUT2D eigenvalue weighted by molar-refractivity contribution is 7.91. The summed E-state index contributed by atoms with van der Waals surface area (Å²) in [6, 6.07) is 0.156. The topological polar surface area (TPSA) is 75.3 Å². The maximum atomic E-state index is 12.9. The number of hydrogen-bond acceptors (Lipinski definition) is 4. The molecule has 2 aliphatic carbocycles. The van der Waals surface area contributed by atoms with Gasteiger partial charge in [-0.2, -0.15) is 0 Å². The molecule has 0 aromatic rings. The van der Waals surface area contributed by atoms with Crippen molar-refractivity contribution >= 4 is 15.7 Å². The van der Waals surface area contributed by atoms with Gasteiger partial charge in [0.1, 0.15) is 9.84 Å². The minimum Gasteiger partial charge on any atom is -0.353 e. The quantitative estimate of drug-likeness (QED) is 0.817. The molecule has 5 nitrogen and oxygen atoms in total. The van der Waals surface area contributed by atoms with E-state index in [9.17, 15) is 13.2 Å². The first-order valence-electron chi connectivity index (χ1n) is 8.62. The Balaban J connectivity index is 1.59. The summed E-state index contributed by atoms with van der Waals surface area (Å²) in [6.07, 6.45) is 8.79. The maximum Gasteiger partial charge on any atom is 0.228 e. The Kier molecular flexibility index (Phi) is 4.52. The minimum absolute atomic E-state index is 0.156. The summed E-state index contributed by atoms with van der Waals surface area (Å²) in [5.41, 5.74) is -0.202. The van der Waals surface area contributed by atoms with Gasteiger partial charge >= 0.3 is 0 Å². The zero-order chi connectivity index (χ0) is 15.8. The van der Waals surface area contributed by atoms with E-state index >= 15 is 0 Å². The Bertz CT molecular complexity index is 526. The summed E-state index contributed by atoms with van der Waals surface area (Å²) in [5.74, 6) is 0.693. The monoisotopic (exact) mass is 328 g/mol. The number of sulfone groups is 1. The van der Waals surface area contributed by atoms with Gasteiger partial charge in [-0.15, -0.1) is 0 Å². The number of carbonyl (C=O) groups is 1. The van der Waals surface area contributed by atoms with Crippen LogP contribution in [0.5, 0.6) is 0 Å². The van der Waals surface area contributed by atoms with Gasteiger partial charge in [0.15, 0.2) is 0 Å². The lowest BCUT2D eigenvalue weighted by molar-refractivity contribution is -0.135. The fourth-order valence-corrected chi connectivity index (χ4v) is 5.78. The maximum absolute atomic E-state index is 12.9. The lowest BCUT2D eigenvalue weighted by Gasteiger charge is -2.39. The van der Waals surface area contributed by atoms with E-state index in [1.807, 2.05) is 0 Å². The van der Waals surface area contributed by atoms with Crippen LogP contribution < -0.4 is 10.6 Å². The fraction of sp³-hybridized carbons (Fsp3) is 0.938. The first-order valence-corrected chi connectivity index (χ1v) is 10.6. The van der Waals surface area contributed by atoms with E-state index in [0.717, 1.165) is 45.2 Å². The van der Waals surface area contributed by atoms with Crippen LogP contribution in [0.4, 0.5) is 0 Å². The molecule has 1 saturated heterocycles. The van der Waals surface area contributed by atoms with Gasteiger partial charge in [0.2, 0.25) is 5.91 Å². The third-order valence-corrected chi connectivity index (χ3v) is 7.79. The molecule has 2 saturated carbocycles. The van der Waals surface area contributed by atoms with Gasteiger partial charge in [-0.1, -0.05) is 12.8 Å². The zero-order valence-corrected chi connectivity index (χ0v) is 14.3. The standard InChI is InChI=1S/C16H28N2O3S/c1-22(20,21)14-7-5-13(6-8-14)18-15(19)16-9-3-2-4-12(16)10-17-11-16/h12-14,17H,2-11H2,1H3,(H,18,19)/t12-,13?,14?,16+/m0/s1. The molecule has 1 heterocycles. The van der Waals surface area contributed by atoms with E-state index in [0.29, 0.717) is 18.8 Å². The normalized spacial score (nSPS) is 39.2. The highest BCUT2D eigenvalue weighted by Gasteiger charge is 2.50. The van der Waals surface area contributed by atoms with Crippen LogP contribution in [0.25, 0.3) is 0 Å². The molecule has 6 heteroatoms. The average Bonchev–Trinajstić information content (AvgIpc) is 2.92. The van der Waals surface area contributed by atoms with Gasteiger partial charge in [-0.3, -0.25) is 4.79 Å². The molecule has 0 radical (unpaired) electrons. The summed E-state index contributed by atoms with van der Waals surface area (Å²) < 4.78 is 23.2. The molecule has 3 aliphatic rings. The van der Waals surface area contributed by atoms with Crippen molar-refractivity contribution in [3.8, 4) is 0 Å². The van der Waals surface area contributed by atoms with Crippen LogP contribution in [0.3, 0.4) is 0 Å². The van der Waals surface area contributed by atoms with E-state index < -0.39 is 9.84 Å². The Hall–Kier alpha value is -0.620. The first-order chi connectivity index (χ1) is 10.4. The predicted molar refractivity (Wildman–Crippen MR) is 86.3 cm³/mol. The molecular weight excluding hydrogens is 300 g/mol. The molecule has 2 N–H and O–H groups in total. The van der Waals surface area contributed by atoms with Crippen LogP contribution >= 0.6 is 0 Å². The molecule has 0 aromatic carbocycles. The van der Waals surface area contributed by atoms with Crippen molar-refractivity contribution in [2.45, 2.75) is 62.7 Å². The van der Waals surface area contributed by atoms with E-state index in [1.165, 1.54) is 12.7 Å². The SMILES string of the molecule is CS(=O)(=O)C1CCC(NC(=O)[C@@]23CCCC[C@H]2CNC3)CC1. The lowest BCUT2D eigenvalue weighted by atomic mass is 9.67. The van der Waals surface area contributed by atoms with Crippen molar-refractivity contribution in [1.82, 2.24) is 10.6 Å². The van der Waals surface area contributed by atoms with Gasteiger partial charge in [-0.25, -0.2) is 8.42 Å². The van der Waals surface area contributed by atoms with E-state index in [2.05, 4.69) is 10.6 Å². The number of nitrogens with one attached hydrogen (secondary N) is 2. The second-order valence-electron chi connectivity index (χ2n) is 7.51. The molecular formula is C16H28N2O3S. The summed E-state index contributed by atoms with van der Waals surface area (Å²) in [4.78, 5) is 12.9. The van der Waals surface area contributed by atoms with Gasteiger partial charge < -0.3 is 10.6 Å². The van der Waals surface area contributed by atoms with Crippen LogP contribution in [0.1, 0.15) is 51.4 Å². The summed E-state index contributed by atoms with van der Waals surface area (Å²) >= 11 is 0. The number of hydrogen-bond donors (Lipinski definition) is 2. The van der Waals surface area contributed by atoms with Crippen molar-refractivity contribution in [3.05, 3.63) is 0 Å². The Labute approximate surface area is 133 Å². The minimum atomic E-state index is -2.94. The molecule has 0 aromatic heterocycles. The van der Waals surface area contributed by atoms with E-state index in [4.69, 9.17) is 0 Å². The molecule has 0 spiro atoms. The van der Waals surface area contributed by atoms with Crippen molar-refractivity contribution in [3.63, 3.8) is 0 Å². The summed E-state index contributed by atoms with van der Waals surface area (Å²) in [6.45, 7) is 1.77. The molecule has 0 bridgehead atoms. The Morgan fingerprint density at radius 2 is 1.86 bits per heavy atom. The third kappa shape index (κ3) is 3.04. The van der Waals surface area contributed by atoms with Crippen LogP contribution in [0.2, 0.25) is 0 Å². The van der Waals surface area contributed by atoms with Crippen LogP contribution in [-0.4, -0.2) is 45.0 Å². The molecule has 22 heavy (non-hydrogen) atoms. The van der Waals surface area contributed by atoms with Gasteiger partial charge in [-0.05, 0) is 51.0 Å². The summed E-state index contributed by atoms with van der Waals surface area (Å²) in [5, 5.41) is 6.45. The molecule has 0 unspecified atom stereocenters. The number of rotatable bonds is 3. The Morgan fingerprint density at radius 3 is 2.55 bits per heavy atom. The first kappa shape index (κ1) is 16.2. The fourth-order valence-electron chi connectivity index (χ4n) is 4.65. The van der Waals surface area contributed by atoms with Crippen LogP contribution in [-0.2, 0) is 14.6 Å². The Morgan fingerprint density at radius 1 is 1.14 bits per heavy atom. The van der Waals surface area contributed by atoms with Crippen molar-refractivity contribution in [2.75, 3.05) is 19.3 Å². The molecule has 126 valence electrons. The van der Waals surface area contributed by atoms with Crippen molar-refractivity contribution < 1.29 is 13.2 Å². The highest BCUT2D eigenvalue weighted by Crippen LogP contribution is 2.44. The van der Waals surface area contributed by atoms with Crippen molar-refractivity contribution in [1.29, 1.82) is 0 Å². The molecule has 3 rings (SSSR count). The second kappa shape index (κ2) is 6.11. The third-order valence-electron chi connectivity index (χ3n) is 6.11. The zero-order valence-electron chi connectivity index (χ0n) is 13.4. The van der Waals surface area contributed by atoms with Crippen LogP contribution in [0.15, 0.2) is 0 Å².